The number of hydrogen-bond acceptors (Lipinski definition) is 4. The maximum Gasteiger partial charge on any atom is 0.318 e. The van der Waals surface area contributed by atoms with Crippen LogP contribution in [0.4, 0.5) is 16.2 Å². The summed E-state index contributed by atoms with van der Waals surface area (Å²) in [7, 11) is 2.15. The minimum absolute atomic E-state index is 0.0700. The Labute approximate surface area is 283 Å². The van der Waals surface area contributed by atoms with Crippen molar-refractivity contribution in [3.63, 3.8) is 0 Å². The molecule has 1 saturated heterocycles. The standard InChI is InChI=1S/C40H44N6O2/c1-43(27-30-12-4-2-5-13-30)28-31-24-32-14-8-11-19-38(32)46(29-31)39(47)37(25-33-26-41-36-18-10-9-17-35(33)36)42-40(48)45-22-20-44(21-23-45)34-15-6-3-7-16-34/h2-19,26,31,37,41H,20-25,27-29H2,1H3,(H,42,48)/t31?,37-/m1/s1. The highest BCUT2D eigenvalue weighted by atomic mass is 16.2. The minimum Gasteiger partial charge on any atom is -0.368 e. The van der Waals surface area contributed by atoms with Gasteiger partial charge >= 0.3 is 6.03 Å². The second-order valence-electron chi connectivity index (χ2n) is 13.2. The van der Waals surface area contributed by atoms with Crippen molar-refractivity contribution in [3.8, 4) is 0 Å². The third-order valence-corrected chi connectivity index (χ3v) is 9.75. The summed E-state index contributed by atoms with van der Waals surface area (Å²) in [5.41, 5.74) is 6.59. The zero-order valence-electron chi connectivity index (χ0n) is 27.6. The van der Waals surface area contributed by atoms with Gasteiger partial charge in [0.1, 0.15) is 6.04 Å². The third kappa shape index (κ3) is 7.09. The predicted molar refractivity (Wildman–Crippen MR) is 193 cm³/mol. The number of amides is 3. The van der Waals surface area contributed by atoms with Crippen molar-refractivity contribution in [3.05, 3.63) is 132 Å². The summed E-state index contributed by atoms with van der Waals surface area (Å²) in [6.07, 6.45) is 3.28. The molecule has 5 aromatic rings. The molecule has 0 aliphatic carbocycles. The van der Waals surface area contributed by atoms with Gasteiger partial charge < -0.3 is 29.9 Å². The maximum absolute atomic E-state index is 14.8. The average Bonchev–Trinajstić information content (AvgIpc) is 3.54. The fourth-order valence-corrected chi connectivity index (χ4v) is 7.37. The molecule has 0 bridgehead atoms. The molecule has 0 saturated carbocycles. The van der Waals surface area contributed by atoms with E-state index in [1.165, 1.54) is 11.1 Å². The van der Waals surface area contributed by atoms with Crippen LogP contribution in [-0.2, 0) is 24.2 Å². The van der Waals surface area contributed by atoms with Crippen LogP contribution >= 0.6 is 0 Å². The lowest BCUT2D eigenvalue weighted by Gasteiger charge is -2.39. The Morgan fingerprint density at radius 1 is 0.854 bits per heavy atom. The fraction of sp³-hybridized carbons (Fsp3) is 0.300. The van der Waals surface area contributed by atoms with Crippen LogP contribution in [0, 0.1) is 5.92 Å². The van der Waals surface area contributed by atoms with Gasteiger partial charge in [0, 0.05) is 80.7 Å². The van der Waals surface area contributed by atoms with E-state index in [1.54, 1.807) is 0 Å². The van der Waals surface area contributed by atoms with E-state index in [2.05, 4.69) is 81.7 Å². The first-order chi connectivity index (χ1) is 23.5. The molecule has 1 aromatic heterocycles. The van der Waals surface area contributed by atoms with E-state index in [4.69, 9.17) is 0 Å². The van der Waals surface area contributed by atoms with Crippen LogP contribution in [0.5, 0.6) is 0 Å². The van der Waals surface area contributed by atoms with Gasteiger partial charge in [-0.2, -0.15) is 0 Å². The summed E-state index contributed by atoms with van der Waals surface area (Å²) in [5.74, 6) is 0.187. The molecule has 2 N–H and O–H groups in total. The third-order valence-electron chi connectivity index (χ3n) is 9.75. The zero-order chi connectivity index (χ0) is 32.9. The van der Waals surface area contributed by atoms with Gasteiger partial charge in [0.2, 0.25) is 5.91 Å². The Morgan fingerprint density at radius 3 is 2.33 bits per heavy atom. The van der Waals surface area contributed by atoms with E-state index in [1.807, 2.05) is 70.6 Å². The minimum atomic E-state index is -0.724. The SMILES string of the molecule is CN(Cc1ccccc1)CC1Cc2ccccc2N(C(=O)[C@@H](Cc2c[nH]c3ccccc23)NC(=O)N2CCN(c3ccccc3)CC2)C1. The number of aromatic amines is 1. The molecule has 0 radical (unpaired) electrons. The van der Waals surface area contributed by atoms with Crippen molar-refractivity contribution in [1.82, 2.24) is 20.1 Å². The number of rotatable bonds is 9. The number of nitrogens with zero attached hydrogens (tertiary/aromatic N) is 4. The molecule has 3 heterocycles. The van der Waals surface area contributed by atoms with Crippen LogP contribution in [0.1, 0.15) is 16.7 Å². The van der Waals surface area contributed by atoms with Crippen molar-refractivity contribution in [1.29, 1.82) is 0 Å². The summed E-state index contributed by atoms with van der Waals surface area (Å²) in [4.78, 5) is 40.4. The molecular weight excluding hydrogens is 596 g/mol. The summed E-state index contributed by atoms with van der Waals surface area (Å²) in [6.45, 7) is 4.99. The Morgan fingerprint density at radius 2 is 1.54 bits per heavy atom. The van der Waals surface area contributed by atoms with Gasteiger partial charge in [-0.15, -0.1) is 0 Å². The van der Waals surface area contributed by atoms with Gasteiger partial charge in [-0.05, 0) is 60.3 Å². The van der Waals surface area contributed by atoms with Gasteiger partial charge in [-0.3, -0.25) is 4.79 Å². The Hall–Kier alpha value is -5.08. The average molecular weight is 641 g/mol. The monoisotopic (exact) mass is 640 g/mol. The molecule has 7 rings (SSSR count). The topological polar surface area (TPSA) is 74.9 Å². The molecule has 8 nitrogen and oxygen atoms in total. The zero-order valence-corrected chi connectivity index (χ0v) is 27.6. The first-order valence-electron chi connectivity index (χ1n) is 17.0. The molecule has 3 amide bonds. The Balaban J connectivity index is 1.11. The van der Waals surface area contributed by atoms with Crippen LogP contribution < -0.4 is 15.1 Å². The van der Waals surface area contributed by atoms with E-state index in [9.17, 15) is 9.59 Å². The number of piperazine rings is 1. The van der Waals surface area contributed by atoms with Crippen molar-refractivity contribution in [2.24, 2.45) is 5.92 Å². The first-order valence-corrected chi connectivity index (χ1v) is 17.0. The highest BCUT2D eigenvalue weighted by molar-refractivity contribution is 6.00. The second kappa shape index (κ2) is 14.4. The lowest BCUT2D eigenvalue weighted by Crippen LogP contribution is -2.58. The van der Waals surface area contributed by atoms with Gasteiger partial charge in [-0.25, -0.2) is 4.79 Å². The van der Waals surface area contributed by atoms with Crippen LogP contribution in [0.15, 0.2) is 115 Å². The van der Waals surface area contributed by atoms with Gasteiger partial charge in [-0.1, -0.05) is 84.9 Å². The number of H-pyrrole nitrogens is 1. The number of benzene rings is 4. The summed E-state index contributed by atoms with van der Waals surface area (Å²) in [5, 5.41) is 4.28. The lowest BCUT2D eigenvalue weighted by molar-refractivity contribution is -0.120. The number of anilines is 2. The number of nitrogens with one attached hydrogen (secondary N) is 2. The summed E-state index contributed by atoms with van der Waals surface area (Å²) >= 11 is 0. The number of urea groups is 1. The predicted octanol–water partition coefficient (Wildman–Crippen LogP) is 5.95. The number of aromatic nitrogens is 1. The molecule has 8 heteroatoms. The molecule has 2 aliphatic rings. The molecule has 1 unspecified atom stereocenters. The van der Waals surface area contributed by atoms with Crippen molar-refractivity contribution in [2.45, 2.75) is 25.4 Å². The molecule has 4 aromatic carbocycles. The Bertz CT molecular complexity index is 1830. The smallest absolute Gasteiger partial charge is 0.318 e. The fourth-order valence-electron chi connectivity index (χ4n) is 7.37. The molecule has 246 valence electrons. The molecule has 48 heavy (non-hydrogen) atoms. The highest BCUT2D eigenvalue weighted by Crippen LogP contribution is 2.31. The van der Waals surface area contributed by atoms with Crippen LogP contribution in [-0.4, -0.2) is 79.1 Å². The molecule has 2 atom stereocenters. The number of carbonyl (C=O) groups excluding carboxylic acids is 2. The second-order valence-corrected chi connectivity index (χ2v) is 13.2. The van der Waals surface area contributed by atoms with Crippen LogP contribution in [0.25, 0.3) is 10.9 Å². The summed E-state index contributed by atoms with van der Waals surface area (Å²) < 4.78 is 0. The lowest BCUT2D eigenvalue weighted by atomic mass is 9.91. The quantitative estimate of drug-likeness (QED) is 0.209. The molecule has 2 aliphatic heterocycles. The van der Waals surface area contributed by atoms with E-state index in [0.717, 1.165) is 60.4 Å². The van der Waals surface area contributed by atoms with Gasteiger partial charge in [0.25, 0.3) is 0 Å². The normalized spacial score (nSPS) is 17.0. The molecular formula is C40H44N6O2. The molecule has 1 fully saturated rings. The van der Waals surface area contributed by atoms with Gasteiger partial charge in [0.05, 0.1) is 0 Å². The number of carbonyl (C=O) groups is 2. The van der Waals surface area contributed by atoms with Crippen LogP contribution in [0.2, 0.25) is 0 Å². The highest BCUT2D eigenvalue weighted by Gasteiger charge is 2.35. The van der Waals surface area contributed by atoms with E-state index >= 15 is 0 Å². The largest absolute Gasteiger partial charge is 0.368 e. The van der Waals surface area contributed by atoms with E-state index in [0.29, 0.717) is 26.1 Å². The van der Waals surface area contributed by atoms with Crippen molar-refractivity contribution >= 4 is 34.2 Å². The maximum atomic E-state index is 14.8. The Kier molecular flexibility index (Phi) is 9.43. The number of fused-ring (bicyclic) bond motifs is 2. The van der Waals surface area contributed by atoms with Crippen molar-refractivity contribution in [2.75, 3.05) is 56.1 Å². The van der Waals surface area contributed by atoms with E-state index < -0.39 is 6.04 Å². The van der Waals surface area contributed by atoms with Crippen LogP contribution in [0.3, 0.4) is 0 Å². The van der Waals surface area contributed by atoms with Crippen molar-refractivity contribution < 1.29 is 9.59 Å². The number of para-hydroxylation sites is 3. The van der Waals surface area contributed by atoms with E-state index in [-0.39, 0.29) is 17.9 Å². The first kappa shape index (κ1) is 31.5. The molecule has 0 spiro atoms. The van der Waals surface area contributed by atoms with Gasteiger partial charge in [0.15, 0.2) is 0 Å². The summed E-state index contributed by atoms with van der Waals surface area (Å²) in [6, 6.07) is 36.3. The number of hydrogen-bond donors (Lipinski definition) is 2.